The van der Waals surface area contributed by atoms with Gasteiger partial charge in [0, 0.05) is 6.54 Å². The minimum atomic E-state index is -0.177. The second kappa shape index (κ2) is 10.6. The van der Waals surface area contributed by atoms with E-state index in [0.29, 0.717) is 22.8 Å². The van der Waals surface area contributed by atoms with E-state index >= 15 is 0 Å². The van der Waals surface area contributed by atoms with E-state index in [0.717, 1.165) is 28.8 Å². The minimum Gasteiger partial charge on any atom is -0.493 e. The van der Waals surface area contributed by atoms with E-state index < -0.39 is 0 Å². The zero-order chi connectivity index (χ0) is 23.1. The van der Waals surface area contributed by atoms with Gasteiger partial charge >= 0.3 is 0 Å². The van der Waals surface area contributed by atoms with Crippen molar-refractivity contribution in [2.45, 2.75) is 6.54 Å². The van der Waals surface area contributed by atoms with Crippen LogP contribution in [-0.4, -0.2) is 46.1 Å². The number of ketones is 1. The van der Waals surface area contributed by atoms with Gasteiger partial charge in [-0.25, -0.2) is 0 Å². The lowest BCUT2D eigenvalue weighted by molar-refractivity contribution is 0.104. The van der Waals surface area contributed by atoms with Crippen LogP contribution in [0.5, 0.6) is 17.2 Å². The van der Waals surface area contributed by atoms with Gasteiger partial charge in [-0.15, -0.1) is 0 Å². The maximum Gasteiger partial charge on any atom is 0.204 e. The molecule has 3 rings (SSSR count). The Morgan fingerprint density at radius 2 is 1.56 bits per heavy atom. The third kappa shape index (κ3) is 5.18. The standard InChI is InChI=1S/C27H29NO4/c1-28(2)18-22-12-11-20(19-9-7-6-8-10-19)17-21(22)13-15-24(29)23-14-16-25(30-3)27(32-5)26(23)31-4/h6-17H,18H2,1-5H3. The largest absolute Gasteiger partial charge is 0.493 e. The van der Waals surface area contributed by atoms with Crippen LogP contribution < -0.4 is 14.2 Å². The predicted molar refractivity (Wildman–Crippen MR) is 129 cm³/mol. The Hall–Kier alpha value is -3.57. The Labute approximate surface area is 189 Å². The number of ether oxygens (including phenoxy) is 3. The average molecular weight is 432 g/mol. The molecule has 0 fully saturated rings. The molecule has 0 N–H and O–H groups in total. The van der Waals surface area contributed by atoms with Crippen LogP contribution in [0.4, 0.5) is 0 Å². The summed E-state index contributed by atoms with van der Waals surface area (Å²) in [5, 5.41) is 0. The summed E-state index contributed by atoms with van der Waals surface area (Å²) >= 11 is 0. The van der Waals surface area contributed by atoms with E-state index in [2.05, 4.69) is 35.2 Å². The monoisotopic (exact) mass is 431 g/mol. The molecule has 3 aromatic rings. The van der Waals surface area contributed by atoms with E-state index in [4.69, 9.17) is 14.2 Å². The first-order chi connectivity index (χ1) is 15.5. The van der Waals surface area contributed by atoms with Gasteiger partial charge in [0.05, 0.1) is 26.9 Å². The first-order valence-electron chi connectivity index (χ1n) is 10.3. The maximum atomic E-state index is 13.1. The fraction of sp³-hybridized carbons (Fsp3) is 0.222. The van der Waals surface area contributed by atoms with Gasteiger partial charge in [0.1, 0.15) is 0 Å². The van der Waals surface area contributed by atoms with E-state index in [9.17, 15) is 4.79 Å². The molecule has 0 aliphatic heterocycles. The molecule has 5 heteroatoms. The number of allylic oxidation sites excluding steroid dienone is 1. The van der Waals surface area contributed by atoms with E-state index in [1.54, 1.807) is 25.3 Å². The van der Waals surface area contributed by atoms with Crippen molar-refractivity contribution in [2.24, 2.45) is 0 Å². The molecule has 166 valence electrons. The average Bonchev–Trinajstić information content (AvgIpc) is 2.82. The molecule has 0 saturated heterocycles. The fourth-order valence-corrected chi connectivity index (χ4v) is 3.60. The fourth-order valence-electron chi connectivity index (χ4n) is 3.60. The van der Waals surface area contributed by atoms with Crippen molar-refractivity contribution in [1.82, 2.24) is 4.90 Å². The summed E-state index contributed by atoms with van der Waals surface area (Å²) in [6.45, 7) is 0.766. The van der Waals surface area contributed by atoms with E-state index in [1.807, 2.05) is 38.4 Å². The van der Waals surface area contributed by atoms with Gasteiger partial charge in [-0.05, 0) is 60.6 Å². The highest BCUT2D eigenvalue weighted by molar-refractivity contribution is 6.09. The number of hydrogen-bond donors (Lipinski definition) is 0. The lowest BCUT2D eigenvalue weighted by atomic mass is 9.98. The molecule has 0 aliphatic carbocycles. The molecule has 0 aliphatic rings. The maximum absolute atomic E-state index is 13.1. The van der Waals surface area contributed by atoms with Gasteiger partial charge in [-0.1, -0.05) is 48.5 Å². The highest BCUT2D eigenvalue weighted by Gasteiger charge is 2.19. The van der Waals surface area contributed by atoms with Crippen molar-refractivity contribution in [1.29, 1.82) is 0 Å². The zero-order valence-corrected chi connectivity index (χ0v) is 19.2. The molecule has 0 amide bonds. The smallest absolute Gasteiger partial charge is 0.204 e. The normalized spacial score (nSPS) is 11.1. The Morgan fingerprint density at radius 3 is 2.19 bits per heavy atom. The lowest BCUT2D eigenvalue weighted by Gasteiger charge is -2.15. The van der Waals surface area contributed by atoms with Crippen molar-refractivity contribution < 1.29 is 19.0 Å². The van der Waals surface area contributed by atoms with Crippen LogP contribution in [-0.2, 0) is 6.54 Å². The molecule has 3 aromatic carbocycles. The molecular weight excluding hydrogens is 402 g/mol. The number of nitrogens with zero attached hydrogens (tertiary/aromatic N) is 1. The van der Waals surface area contributed by atoms with Crippen molar-refractivity contribution in [3.63, 3.8) is 0 Å². The Morgan fingerprint density at radius 1 is 0.844 bits per heavy atom. The predicted octanol–water partition coefficient (Wildman–Crippen LogP) is 5.34. The topological polar surface area (TPSA) is 48.0 Å². The first-order valence-corrected chi connectivity index (χ1v) is 10.3. The quantitative estimate of drug-likeness (QED) is 0.338. The summed E-state index contributed by atoms with van der Waals surface area (Å²) in [6.07, 6.45) is 3.44. The minimum absolute atomic E-state index is 0.177. The Kier molecular flexibility index (Phi) is 7.68. The molecule has 0 atom stereocenters. The molecule has 32 heavy (non-hydrogen) atoms. The second-order valence-electron chi connectivity index (χ2n) is 7.60. The molecule has 0 bridgehead atoms. The summed E-state index contributed by atoms with van der Waals surface area (Å²) in [7, 11) is 8.63. The number of hydrogen-bond acceptors (Lipinski definition) is 5. The Bertz CT molecular complexity index is 1100. The van der Waals surface area contributed by atoms with Crippen LogP contribution in [0.1, 0.15) is 21.5 Å². The van der Waals surface area contributed by atoms with Gasteiger partial charge in [0.15, 0.2) is 17.3 Å². The highest BCUT2D eigenvalue weighted by atomic mass is 16.5. The number of methoxy groups -OCH3 is 3. The van der Waals surface area contributed by atoms with Crippen LogP contribution in [0.3, 0.4) is 0 Å². The van der Waals surface area contributed by atoms with Crippen LogP contribution in [0, 0.1) is 0 Å². The lowest BCUT2D eigenvalue weighted by Crippen LogP contribution is -2.11. The van der Waals surface area contributed by atoms with Crippen LogP contribution in [0.2, 0.25) is 0 Å². The summed E-state index contributed by atoms with van der Waals surface area (Å²) in [4.78, 5) is 15.2. The third-order valence-electron chi connectivity index (χ3n) is 5.12. The van der Waals surface area contributed by atoms with E-state index in [1.165, 1.54) is 14.2 Å². The highest BCUT2D eigenvalue weighted by Crippen LogP contribution is 2.40. The van der Waals surface area contributed by atoms with Gasteiger partial charge in [-0.2, -0.15) is 0 Å². The number of benzene rings is 3. The molecule has 0 saturated carbocycles. The van der Waals surface area contributed by atoms with Crippen molar-refractivity contribution in [2.75, 3.05) is 35.4 Å². The van der Waals surface area contributed by atoms with Gasteiger partial charge in [0.25, 0.3) is 0 Å². The zero-order valence-electron chi connectivity index (χ0n) is 19.2. The van der Waals surface area contributed by atoms with Gasteiger partial charge in [0.2, 0.25) is 5.75 Å². The van der Waals surface area contributed by atoms with Crippen molar-refractivity contribution >= 4 is 11.9 Å². The molecule has 0 unspecified atom stereocenters. The Balaban J connectivity index is 2.00. The third-order valence-corrected chi connectivity index (χ3v) is 5.12. The first kappa shape index (κ1) is 23.1. The van der Waals surface area contributed by atoms with Crippen LogP contribution in [0.25, 0.3) is 17.2 Å². The van der Waals surface area contributed by atoms with Crippen LogP contribution >= 0.6 is 0 Å². The molecule has 0 aromatic heterocycles. The van der Waals surface area contributed by atoms with E-state index in [-0.39, 0.29) is 5.78 Å². The summed E-state index contributed by atoms with van der Waals surface area (Å²) < 4.78 is 16.2. The number of carbonyl (C=O) groups excluding carboxylic acids is 1. The van der Waals surface area contributed by atoms with Gasteiger partial charge in [-0.3, -0.25) is 4.79 Å². The summed E-state index contributed by atoms with van der Waals surface area (Å²) in [5.41, 5.74) is 4.77. The second-order valence-corrected chi connectivity index (χ2v) is 7.60. The van der Waals surface area contributed by atoms with Crippen LogP contribution in [0.15, 0.2) is 66.7 Å². The molecular formula is C27H29NO4. The summed E-state index contributed by atoms with van der Waals surface area (Å²) in [6, 6.07) is 19.9. The van der Waals surface area contributed by atoms with Gasteiger partial charge < -0.3 is 19.1 Å². The molecule has 0 heterocycles. The molecule has 0 radical (unpaired) electrons. The van der Waals surface area contributed by atoms with Crippen molar-refractivity contribution in [3.8, 4) is 28.4 Å². The number of carbonyl (C=O) groups is 1. The molecule has 5 nitrogen and oxygen atoms in total. The summed E-state index contributed by atoms with van der Waals surface area (Å²) in [5.74, 6) is 1.08. The molecule has 0 spiro atoms. The SMILES string of the molecule is COc1ccc(C(=O)C=Cc2cc(-c3ccccc3)ccc2CN(C)C)c(OC)c1OC. The van der Waals surface area contributed by atoms with Crippen molar-refractivity contribution in [3.05, 3.63) is 83.4 Å². The number of rotatable bonds is 9.